The Bertz CT molecular complexity index is 1000. The fraction of sp³-hybridized carbons (Fsp3) is 0.350. The number of methoxy groups -OCH3 is 1. The van der Waals surface area contributed by atoms with Crippen molar-refractivity contribution in [1.82, 2.24) is 4.90 Å². The van der Waals surface area contributed by atoms with Gasteiger partial charge >= 0.3 is 0 Å². The maximum absolute atomic E-state index is 13.1. The molecule has 0 bridgehead atoms. The van der Waals surface area contributed by atoms with E-state index in [2.05, 4.69) is 4.90 Å². The summed E-state index contributed by atoms with van der Waals surface area (Å²) in [6, 6.07) is 12.4. The fourth-order valence-corrected chi connectivity index (χ4v) is 3.94. The van der Waals surface area contributed by atoms with Gasteiger partial charge in [0.15, 0.2) is 0 Å². The minimum Gasteiger partial charge on any atom is -0.496 e. The van der Waals surface area contributed by atoms with E-state index in [1.807, 2.05) is 24.3 Å². The van der Waals surface area contributed by atoms with Crippen molar-refractivity contribution >= 4 is 38.9 Å². The minimum absolute atomic E-state index is 0.184. The normalized spacial score (nSPS) is 14.6. The number of anilines is 2. The van der Waals surface area contributed by atoms with Gasteiger partial charge in [0.1, 0.15) is 5.75 Å². The molecule has 0 radical (unpaired) electrons. The van der Waals surface area contributed by atoms with E-state index in [0.717, 1.165) is 16.2 Å². The van der Waals surface area contributed by atoms with Gasteiger partial charge in [0.05, 0.1) is 24.6 Å². The van der Waals surface area contributed by atoms with Crippen molar-refractivity contribution in [2.45, 2.75) is 0 Å². The van der Waals surface area contributed by atoms with Crippen LogP contribution in [0.3, 0.4) is 0 Å². The Morgan fingerprint density at radius 2 is 1.79 bits per heavy atom. The lowest BCUT2D eigenvalue weighted by atomic mass is 10.1. The smallest absolute Gasteiger partial charge is 0.257 e. The zero-order chi connectivity index (χ0) is 21.2. The summed E-state index contributed by atoms with van der Waals surface area (Å²) in [7, 11) is -0.491. The maximum Gasteiger partial charge on any atom is 0.257 e. The Morgan fingerprint density at radius 3 is 2.38 bits per heavy atom. The highest BCUT2D eigenvalue weighted by Crippen LogP contribution is 2.28. The lowest BCUT2D eigenvalue weighted by molar-refractivity contribution is 0.0743. The number of halogens is 1. The van der Waals surface area contributed by atoms with Gasteiger partial charge in [-0.05, 0) is 36.4 Å². The molecule has 1 heterocycles. The van der Waals surface area contributed by atoms with Crippen molar-refractivity contribution < 1.29 is 17.9 Å². The van der Waals surface area contributed by atoms with Crippen LogP contribution in [0.5, 0.6) is 5.75 Å². The van der Waals surface area contributed by atoms with Gasteiger partial charge in [0.2, 0.25) is 10.0 Å². The van der Waals surface area contributed by atoms with Gasteiger partial charge in [0.25, 0.3) is 5.91 Å². The average Bonchev–Trinajstić information content (AvgIpc) is 2.71. The quantitative estimate of drug-likeness (QED) is 0.719. The van der Waals surface area contributed by atoms with E-state index in [1.54, 1.807) is 23.1 Å². The van der Waals surface area contributed by atoms with Crippen molar-refractivity contribution in [2.24, 2.45) is 0 Å². The van der Waals surface area contributed by atoms with Crippen molar-refractivity contribution in [3.63, 3.8) is 0 Å². The molecule has 9 heteroatoms. The topological polar surface area (TPSA) is 70.2 Å². The van der Waals surface area contributed by atoms with Crippen LogP contribution in [0, 0.1) is 0 Å². The summed E-state index contributed by atoms with van der Waals surface area (Å²) < 4.78 is 30.2. The number of hydrogen-bond acceptors (Lipinski definition) is 5. The van der Waals surface area contributed by atoms with Crippen LogP contribution in [0.2, 0.25) is 5.02 Å². The minimum atomic E-state index is -3.43. The first kappa shape index (κ1) is 21.3. The van der Waals surface area contributed by atoms with Crippen LogP contribution in [-0.2, 0) is 10.0 Å². The number of amides is 1. The molecular formula is C20H24ClN3O4S. The number of nitrogens with zero attached hydrogens (tertiary/aromatic N) is 3. The molecule has 0 N–H and O–H groups in total. The van der Waals surface area contributed by atoms with Crippen LogP contribution in [-0.4, -0.2) is 65.8 Å². The highest BCUT2D eigenvalue weighted by atomic mass is 35.5. The van der Waals surface area contributed by atoms with Crippen LogP contribution in [0.4, 0.5) is 11.4 Å². The van der Waals surface area contributed by atoms with E-state index in [9.17, 15) is 13.2 Å². The number of ether oxygens (including phenoxy) is 1. The molecule has 1 fully saturated rings. The van der Waals surface area contributed by atoms with Crippen molar-refractivity contribution in [3.05, 3.63) is 53.1 Å². The monoisotopic (exact) mass is 437 g/mol. The highest BCUT2D eigenvalue weighted by Gasteiger charge is 2.26. The Kier molecular flexibility index (Phi) is 6.24. The van der Waals surface area contributed by atoms with Gasteiger partial charge < -0.3 is 14.5 Å². The molecule has 2 aromatic rings. The molecule has 2 aromatic carbocycles. The fourth-order valence-electron chi connectivity index (χ4n) is 3.26. The van der Waals surface area contributed by atoms with E-state index in [-0.39, 0.29) is 5.91 Å². The zero-order valence-electron chi connectivity index (χ0n) is 16.6. The van der Waals surface area contributed by atoms with Crippen LogP contribution in [0.1, 0.15) is 10.4 Å². The van der Waals surface area contributed by atoms with Gasteiger partial charge in [-0.15, -0.1) is 0 Å². The van der Waals surface area contributed by atoms with Gasteiger partial charge in [-0.25, -0.2) is 8.42 Å². The molecule has 0 unspecified atom stereocenters. The number of piperazine rings is 1. The van der Waals surface area contributed by atoms with E-state index < -0.39 is 10.0 Å². The number of carbonyl (C=O) groups is 1. The number of hydrogen-bond donors (Lipinski definition) is 0. The van der Waals surface area contributed by atoms with E-state index >= 15 is 0 Å². The number of benzene rings is 2. The van der Waals surface area contributed by atoms with Crippen LogP contribution < -0.4 is 13.9 Å². The summed E-state index contributed by atoms with van der Waals surface area (Å²) in [6.07, 6.45) is 1.12. The van der Waals surface area contributed by atoms with Crippen LogP contribution >= 0.6 is 11.6 Å². The summed E-state index contributed by atoms with van der Waals surface area (Å²) in [5.74, 6) is 0.231. The Morgan fingerprint density at radius 1 is 1.10 bits per heavy atom. The first-order valence-corrected chi connectivity index (χ1v) is 11.3. The first-order valence-electron chi connectivity index (χ1n) is 9.12. The highest BCUT2D eigenvalue weighted by molar-refractivity contribution is 7.92. The standard InChI is InChI=1S/C20H24ClN3O4S/c1-22(29(3,26)27)16-7-8-19(28-2)18(14-16)20(25)24-11-9-23(10-12-24)17-6-4-5-15(21)13-17/h4-8,13-14H,9-12H2,1-3H3. The molecule has 1 saturated heterocycles. The third kappa shape index (κ3) is 4.76. The number of sulfonamides is 1. The van der Waals surface area contributed by atoms with Gasteiger partial charge in [-0.1, -0.05) is 17.7 Å². The third-order valence-electron chi connectivity index (χ3n) is 5.01. The summed E-state index contributed by atoms with van der Waals surface area (Å²) in [5, 5.41) is 0.678. The molecule has 1 amide bonds. The molecule has 0 aromatic heterocycles. The largest absolute Gasteiger partial charge is 0.496 e. The molecule has 0 saturated carbocycles. The lowest BCUT2D eigenvalue weighted by Gasteiger charge is -2.36. The molecular weight excluding hydrogens is 414 g/mol. The van der Waals surface area contributed by atoms with E-state index in [4.69, 9.17) is 16.3 Å². The molecule has 1 aliphatic rings. The van der Waals surface area contributed by atoms with Gasteiger partial charge in [-0.2, -0.15) is 0 Å². The first-order chi connectivity index (χ1) is 13.7. The predicted molar refractivity (Wildman–Crippen MR) is 116 cm³/mol. The number of rotatable bonds is 5. The Labute approximate surface area is 176 Å². The SMILES string of the molecule is COc1ccc(N(C)S(C)(=O)=O)cc1C(=O)N1CCN(c2cccc(Cl)c2)CC1. The third-order valence-corrected chi connectivity index (χ3v) is 6.46. The zero-order valence-corrected chi connectivity index (χ0v) is 18.2. The maximum atomic E-state index is 13.1. The molecule has 7 nitrogen and oxygen atoms in total. The van der Waals surface area contributed by atoms with Crippen molar-refractivity contribution in [3.8, 4) is 5.75 Å². The van der Waals surface area contributed by atoms with Crippen LogP contribution in [0.15, 0.2) is 42.5 Å². The summed E-state index contributed by atoms with van der Waals surface area (Å²) in [4.78, 5) is 17.1. The second kappa shape index (κ2) is 8.51. The Hall–Kier alpha value is -2.45. The second-order valence-corrected chi connectivity index (χ2v) is 9.32. The molecule has 0 aliphatic carbocycles. The average molecular weight is 438 g/mol. The lowest BCUT2D eigenvalue weighted by Crippen LogP contribution is -2.48. The molecule has 29 heavy (non-hydrogen) atoms. The number of carbonyl (C=O) groups excluding carboxylic acids is 1. The molecule has 0 spiro atoms. The molecule has 3 rings (SSSR count). The van der Waals surface area contributed by atoms with E-state index in [0.29, 0.717) is 48.2 Å². The predicted octanol–water partition coefficient (Wildman–Crippen LogP) is 2.71. The van der Waals surface area contributed by atoms with Crippen molar-refractivity contribution in [2.75, 3.05) is 55.8 Å². The molecule has 156 valence electrons. The Balaban J connectivity index is 1.78. The molecule has 0 atom stereocenters. The van der Waals surface area contributed by atoms with Gasteiger partial charge in [-0.3, -0.25) is 9.10 Å². The van der Waals surface area contributed by atoms with Gasteiger partial charge in [0, 0.05) is 43.9 Å². The summed E-state index contributed by atoms with van der Waals surface area (Å²) >= 11 is 6.08. The van der Waals surface area contributed by atoms with E-state index in [1.165, 1.54) is 14.2 Å². The van der Waals surface area contributed by atoms with Crippen molar-refractivity contribution in [1.29, 1.82) is 0 Å². The summed E-state index contributed by atoms with van der Waals surface area (Å²) in [6.45, 7) is 2.44. The van der Waals surface area contributed by atoms with Crippen LogP contribution in [0.25, 0.3) is 0 Å². The second-order valence-electron chi connectivity index (χ2n) is 6.87. The summed E-state index contributed by atoms with van der Waals surface area (Å²) in [5.41, 5.74) is 1.78. The molecule has 1 aliphatic heterocycles.